The molecule has 1 atom stereocenters. The zero-order valence-electron chi connectivity index (χ0n) is 20.0. The van der Waals surface area contributed by atoms with E-state index in [1.54, 1.807) is 22.8 Å². The molecular weight excluding hydrogens is 472 g/mol. The molecule has 3 aromatic carbocycles. The number of fused-ring (bicyclic) bond motifs is 1. The van der Waals surface area contributed by atoms with Gasteiger partial charge < -0.3 is 15.8 Å². The molecular formula is C28H30N4O3S. The van der Waals surface area contributed by atoms with Crippen molar-refractivity contribution in [2.75, 3.05) is 32.8 Å². The SMILES string of the molecule is NC(=O)CN(CCNCCOc1ccccc1Cc1ccccc1)S(=O)c1cccc2cnccc12. The number of carbonyl (C=O) groups excluding carboxylic acids is 1. The second kappa shape index (κ2) is 12.9. The molecule has 1 heterocycles. The normalized spacial score (nSPS) is 12.0. The van der Waals surface area contributed by atoms with Gasteiger partial charge in [-0.05, 0) is 29.3 Å². The van der Waals surface area contributed by atoms with Gasteiger partial charge in [0.1, 0.15) is 23.3 Å². The summed E-state index contributed by atoms with van der Waals surface area (Å²) in [6, 6.07) is 25.7. The Hall–Kier alpha value is -3.59. The molecule has 0 aliphatic rings. The first-order valence-electron chi connectivity index (χ1n) is 11.8. The van der Waals surface area contributed by atoms with E-state index in [0.717, 1.165) is 28.5 Å². The number of ether oxygens (including phenoxy) is 1. The van der Waals surface area contributed by atoms with Crippen molar-refractivity contribution in [1.82, 2.24) is 14.6 Å². The summed E-state index contributed by atoms with van der Waals surface area (Å²) >= 11 is 0. The van der Waals surface area contributed by atoms with Gasteiger partial charge in [0.15, 0.2) is 0 Å². The molecule has 0 aliphatic carbocycles. The molecule has 186 valence electrons. The van der Waals surface area contributed by atoms with Gasteiger partial charge in [0, 0.05) is 49.2 Å². The van der Waals surface area contributed by atoms with Crippen molar-refractivity contribution in [1.29, 1.82) is 0 Å². The van der Waals surface area contributed by atoms with Crippen LogP contribution in [0, 0.1) is 0 Å². The molecule has 0 bridgehead atoms. The average molecular weight is 503 g/mol. The zero-order chi connectivity index (χ0) is 25.2. The Morgan fingerprint density at radius 2 is 1.78 bits per heavy atom. The van der Waals surface area contributed by atoms with E-state index in [2.05, 4.69) is 28.5 Å². The van der Waals surface area contributed by atoms with Crippen LogP contribution < -0.4 is 15.8 Å². The minimum atomic E-state index is -1.54. The third-order valence-corrected chi connectivity index (χ3v) is 7.19. The van der Waals surface area contributed by atoms with Gasteiger partial charge in [-0.25, -0.2) is 8.51 Å². The van der Waals surface area contributed by atoms with Crippen molar-refractivity contribution in [3.05, 3.63) is 102 Å². The zero-order valence-corrected chi connectivity index (χ0v) is 20.8. The van der Waals surface area contributed by atoms with Gasteiger partial charge in [-0.1, -0.05) is 60.7 Å². The summed E-state index contributed by atoms with van der Waals surface area (Å²) in [6.45, 7) is 1.92. The van der Waals surface area contributed by atoms with Crippen LogP contribution in [-0.4, -0.2) is 52.2 Å². The van der Waals surface area contributed by atoms with Gasteiger partial charge in [-0.2, -0.15) is 0 Å². The number of primary amides is 1. The number of pyridine rings is 1. The molecule has 4 aromatic rings. The molecule has 8 heteroatoms. The molecule has 3 N–H and O–H groups in total. The minimum absolute atomic E-state index is 0.0981. The molecule has 1 aromatic heterocycles. The Morgan fingerprint density at radius 3 is 2.61 bits per heavy atom. The molecule has 0 radical (unpaired) electrons. The van der Waals surface area contributed by atoms with Crippen LogP contribution in [0.2, 0.25) is 0 Å². The second-order valence-corrected chi connectivity index (χ2v) is 9.76. The fourth-order valence-corrected chi connectivity index (χ4v) is 5.30. The molecule has 0 spiro atoms. The van der Waals surface area contributed by atoms with Gasteiger partial charge >= 0.3 is 0 Å². The standard InChI is InChI=1S/C28H30N4O3S/c29-28(33)21-32(36(34)27-12-6-10-24-20-31-14-13-25(24)27)17-15-30-16-18-35-26-11-5-4-9-23(26)19-22-7-2-1-3-8-22/h1-14,20,30H,15-19,21H2,(H2,29,33). The van der Waals surface area contributed by atoms with Crippen LogP contribution in [-0.2, 0) is 22.2 Å². The summed E-state index contributed by atoms with van der Waals surface area (Å²) in [4.78, 5) is 16.4. The van der Waals surface area contributed by atoms with Crippen LogP contribution in [0.15, 0.2) is 96.2 Å². The van der Waals surface area contributed by atoms with E-state index in [1.165, 1.54) is 5.56 Å². The Labute approximate surface area is 213 Å². The number of nitrogens with one attached hydrogen (secondary N) is 1. The third kappa shape index (κ3) is 6.97. The lowest BCUT2D eigenvalue weighted by Gasteiger charge is -2.21. The summed E-state index contributed by atoms with van der Waals surface area (Å²) in [5.74, 6) is 0.341. The van der Waals surface area contributed by atoms with Crippen LogP contribution in [0.1, 0.15) is 11.1 Å². The lowest BCUT2D eigenvalue weighted by Crippen LogP contribution is -2.40. The number of hydrogen-bond donors (Lipinski definition) is 2. The highest BCUT2D eigenvalue weighted by molar-refractivity contribution is 7.83. The van der Waals surface area contributed by atoms with E-state index in [4.69, 9.17) is 10.5 Å². The van der Waals surface area contributed by atoms with E-state index in [1.807, 2.05) is 54.6 Å². The lowest BCUT2D eigenvalue weighted by molar-refractivity contribution is -0.118. The van der Waals surface area contributed by atoms with Crippen LogP contribution in [0.25, 0.3) is 10.8 Å². The van der Waals surface area contributed by atoms with Crippen molar-refractivity contribution in [3.63, 3.8) is 0 Å². The average Bonchev–Trinajstić information content (AvgIpc) is 2.90. The summed E-state index contributed by atoms with van der Waals surface area (Å²) in [7, 11) is -1.54. The topological polar surface area (TPSA) is 97.5 Å². The van der Waals surface area contributed by atoms with E-state index >= 15 is 0 Å². The predicted octanol–water partition coefficient (Wildman–Crippen LogP) is 3.30. The van der Waals surface area contributed by atoms with Crippen molar-refractivity contribution in [3.8, 4) is 5.75 Å². The maximum absolute atomic E-state index is 13.3. The molecule has 7 nitrogen and oxygen atoms in total. The molecule has 4 rings (SSSR count). The number of hydrogen-bond acceptors (Lipinski definition) is 5. The van der Waals surface area contributed by atoms with E-state index in [-0.39, 0.29) is 6.54 Å². The number of nitrogens with zero attached hydrogens (tertiary/aromatic N) is 2. The van der Waals surface area contributed by atoms with Crippen LogP contribution in [0.3, 0.4) is 0 Å². The van der Waals surface area contributed by atoms with Crippen molar-refractivity contribution >= 4 is 27.7 Å². The first kappa shape index (κ1) is 25.5. The predicted molar refractivity (Wildman–Crippen MR) is 143 cm³/mol. The fraction of sp³-hybridized carbons (Fsp3) is 0.214. The molecule has 0 saturated carbocycles. The number of amides is 1. The molecule has 0 aliphatic heterocycles. The quantitative estimate of drug-likeness (QED) is 0.274. The fourth-order valence-electron chi connectivity index (χ4n) is 3.95. The Morgan fingerprint density at radius 1 is 0.972 bits per heavy atom. The number of benzene rings is 3. The van der Waals surface area contributed by atoms with E-state index < -0.39 is 16.9 Å². The van der Waals surface area contributed by atoms with Crippen LogP contribution in [0.4, 0.5) is 0 Å². The van der Waals surface area contributed by atoms with Gasteiger partial charge in [-0.3, -0.25) is 9.78 Å². The highest BCUT2D eigenvalue weighted by Crippen LogP contribution is 2.23. The minimum Gasteiger partial charge on any atom is -0.492 e. The first-order chi connectivity index (χ1) is 17.6. The summed E-state index contributed by atoms with van der Waals surface area (Å²) in [6.07, 6.45) is 4.21. The lowest BCUT2D eigenvalue weighted by atomic mass is 10.0. The van der Waals surface area contributed by atoms with Crippen molar-refractivity contribution in [2.45, 2.75) is 11.3 Å². The van der Waals surface area contributed by atoms with Crippen LogP contribution in [0.5, 0.6) is 5.75 Å². The third-order valence-electron chi connectivity index (χ3n) is 5.68. The van der Waals surface area contributed by atoms with Crippen LogP contribution >= 0.6 is 0 Å². The molecule has 0 fully saturated rings. The molecule has 1 amide bonds. The summed E-state index contributed by atoms with van der Waals surface area (Å²) in [5.41, 5.74) is 7.81. The smallest absolute Gasteiger partial charge is 0.232 e. The van der Waals surface area contributed by atoms with Gasteiger partial charge in [0.25, 0.3) is 0 Å². The second-order valence-electron chi connectivity index (χ2n) is 8.30. The maximum Gasteiger partial charge on any atom is 0.232 e. The number of aromatic nitrogens is 1. The number of rotatable bonds is 13. The molecule has 36 heavy (non-hydrogen) atoms. The Balaban J connectivity index is 1.29. The van der Waals surface area contributed by atoms with Crippen molar-refractivity contribution < 1.29 is 13.7 Å². The van der Waals surface area contributed by atoms with Gasteiger partial charge in [0.05, 0.1) is 11.4 Å². The molecule has 0 saturated heterocycles. The van der Waals surface area contributed by atoms with Crippen molar-refractivity contribution in [2.24, 2.45) is 5.73 Å². The highest BCUT2D eigenvalue weighted by Gasteiger charge is 2.19. The summed E-state index contributed by atoms with van der Waals surface area (Å²) < 4.78 is 21.0. The number of carbonyl (C=O) groups is 1. The maximum atomic E-state index is 13.3. The number of para-hydroxylation sites is 1. The summed E-state index contributed by atoms with van der Waals surface area (Å²) in [5, 5.41) is 5.05. The van der Waals surface area contributed by atoms with Gasteiger partial charge in [-0.15, -0.1) is 0 Å². The largest absolute Gasteiger partial charge is 0.492 e. The Kier molecular flexibility index (Phi) is 9.15. The highest BCUT2D eigenvalue weighted by atomic mass is 32.2. The first-order valence-corrected chi connectivity index (χ1v) is 13.0. The Bertz CT molecular complexity index is 1310. The molecule has 1 unspecified atom stereocenters. The van der Waals surface area contributed by atoms with E-state index in [0.29, 0.717) is 31.1 Å². The van der Waals surface area contributed by atoms with Gasteiger partial charge in [0.2, 0.25) is 5.91 Å². The van der Waals surface area contributed by atoms with E-state index in [9.17, 15) is 9.00 Å². The monoisotopic (exact) mass is 502 g/mol. The number of nitrogens with two attached hydrogens (primary N) is 1.